The predicted molar refractivity (Wildman–Crippen MR) is 69.7 cm³/mol. The molecule has 0 aromatic carbocycles. The lowest BCUT2D eigenvalue weighted by Crippen LogP contribution is -2.48. The molecule has 0 aliphatic heterocycles. The highest BCUT2D eigenvalue weighted by Crippen LogP contribution is 2.28. The molecule has 0 bridgehead atoms. The van der Waals surface area contributed by atoms with E-state index in [-0.39, 0.29) is 15.7 Å². The SMILES string of the molecule is CCC(Cl)(CC)[C@@H](C)N[S@](=O)C(C)(C)C. The van der Waals surface area contributed by atoms with E-state index in [0.717, 1.165) is 12.8 Å². The molecule has 0 heterocycles. The van der Waals surface area contributed by atoms with Gasteiger partial charge in [-0.2, -0.15) is 0 Å². The smallest absolute Gasteiger partial charge is 0.0973 e. The molecule has 2 nitrogen and oxygen atoms in total. The molecule has 0 aromatic rings. The van der Waals surface area contributed by atoms with Crippen molar-refractivity contribution in [2.45, 2.75) is 70.0 Å². The van der Waals surface area contributed by atoms with E-state index in [1.165, 1.54) is 0 Å². The van der Waals surface area contributed by atoms with E-state index in [9.17, 15) is 4.21 Å². The lowest BCUT2D eigenvalue weighted by molar-refractivity contribution is 0.430. The van der Waals surface area contributed by atoms with Gasteiger partial charge in [-0.05, 0) is 40.5 Å². The van der Waals surface area contributed by atoms with Gasteiger partial charge in [-0.25, -0.2) is 8.93 Å². The summed E-state index contributed by atoms with van der Waals surface area (Å²) in [5.74, 6) is 0. The Morgan fingerprint density at radius 2 is 1.67 bits per heavy atom. The summed E-state index contributed by atoms with van der Waals surface area (Å²) in [7, 11) is -1.05. The first-order valence-electron chi connectivity index (χ1n) is 5.54. The van der Waals surface area contributed by atoms with E-state index >= 15 is 0 Å². The molecule has 0 fully saturated rings. The van der Waals surface area contributed by atoms with Crippen LogP contribution in [0.4, 0.5) is 0 Å². The van der Waals surface area contributed by atoms with E-state index in [1.807, 2.05) is 27.7 Å². The summed E-state index contributed by atoms with van der Waals surface area (Å²) in [6, 6.07) is 0.0502. The van der Waals surface area contributed by atoms with Gasteiger partial charge in [-0.15, -0.1) is 11.6 Å². The molecule has 0 spiro atoms. The molecular formula is C11H24ClNOS. The van der Waals surface area contributed by atoms with Crippen LogP contribution < -0.4 is 4.72 Å². The van der Waals surface area contributed by atoms with E-state index in [4.69, 9.17) is 11.6 Å². The summed E-state index contributed by atoms with van der Waals surface area (Å²) in [6.45, 7) is 12.0. The molecule has 0 saturated heterocycles. The second kappa shape index (κ2) is 5.65. The molecule has 0 aliphatic carbocycles. The Balaban J connectivity index is 4.49. The second-order valence-electron chi connectivity index (χ2n) is 4.96. The fourth-order valence-electron chi connectivity index (χ4n) is 1.31. The first-order valence-corrected chi connectivity index (χ1v) is 7.07. The number of hydrogen-bond donors (Lipinski definition) is 1. The average molecular weight is 254 g/mol. The monoisotopic (exact) mass is 253 g/mol. The van der Waals surface area contributed by atoms with Crippen LogP contribution in [0.25, 0.3) is 0 Å². The fourth-order valence-corrected chi connectivity index (χ4v) is 2.32. The summed E-state index contributed by atoms with van der Waals surface area (Å²) in [5.41, 5.74) is 0. The first-order chi connectivity index (χ1) is 6.67. The maximum absolute atomic E-state index is 11.9. The van der Waals surface area contributed by atoms with Gasteiger partial charge in [0.05, 0.1) is 20.6 Å². The van der Waals surface area contributed by atoms with Crippen molar-refractivity contribution in [1.82, 2.24) is 4.72 Å². The van der Waals surface area contributed by atoms with Crippen LogP contribution in [0.15, 0.2) is 0 Å². The van der Waals surface area contributed by atoms with E-state index < -0.39 is 11.0 Å². The molecule has 0 saturated carbocycles. The van der Waals surface area contributed by atoms with Crippen LogP contribution in [-0.2, 0) is 11.0 Å². The van der Waals surface area contributed by atoms with Crippen molar-refractivity contribution in [3.63, 3.8) is 0 Å². The lowest BCUT2D eigenvalue weighted by atomic mass is 9.95. The molecule has 0 aromatic heterocycles. The summed E-state index contributed by atoms with van der Waals surface area (Å²) in [4.78, 5) is -0.291. The molecule has 0 rings (SSSR count). The van der Waals surface area contributed by atoms with Crippen molar-refractivity contribution in [1.29, 1.82) is 0 Å². The number of hydrogen-bond acceptors (Lipinski definition) is 1. The minimum absolute atomic E-state index is 0.0502. The summed E-state index contributed by atoms with van der Waals surface area (Å²) in [5, 5.41) is 0. The van der Waals surface area contributed by atoms with Crippen LogP contribution in [-0.4, -0.2) is 19.9 Å². The van der Waals surface area contributed by atoms with E-state index in [2.05, 4.69) is 18.6 Å². The Hall–Kier alpha value is 0.400. The van der Waals surface area contributed by atoms with Gasteiger partial charge in [-0.3, -0.25) is 0 Å². The molecule has 92 valence electrons. The molecule has 0 radical (unpaired) electrons. The number of nitrogens with one attached hydrogen (secondary N) is 1. The van der Waals surface area contributed by atoms with Gasteiger partial charge in [0, 0.05) is 6.04 Å². The van der Waals surface area contributed by atoms with Crippen LogP contribution in [0.5, 0.6) is 0 Å². The highest BCUT2D eigenvalue weighted by atomic mass is 35.5. The standard InChI is InChI=1S/C11H24ClNOS/c1-7-11(12,8-2)9(3)13-15(14)10(4,5)6/h9,13H,7-8H2,1-6H3/t9-,15-/m1/s1. The van der Waals surface area contributed by atoms with Gasteiger partial charge in [0.2, 0.25) is 0 Å². The number of alkyl halides is 1. The Morgan fingerprint density at radius 1 is 1.27 bits per heavy atom. The van der Waals surface area contributed by atoms with Crippen molar-refractivity contribution in [2.24, 2.45) is 0 Å². The molecule has 2 atom stereocenters. The molecule has 0 aliphatic rings. The molecular weight excluding hydrogens is 230 g/mol. The minimum atomic E-state index is -1.05. The zero-order valence-electron chi connectivity index (χ0n) is 10.7. The quantitative estimate of drug-likeness (QED) is 0.749. The Kier molecular flexibility index (Phi) is 5.80. The van der Waals surface area contributed by atoms with Gasteiger partial charge in [0.25, 0.3) is 0 Å². The fraction of sp³-hybridized carbons (Fsp3) is 1.00. The maximum Gasteiger partial charge on any atom is 0.0973 e. The third kappa shape index (κ3) is 4.41. The van der Waals surface area contributed by atoms with Crippen molar-refractivity contribution >= 4 is 22.6 Å². The summed E-state index contributed by atoms with van der Waals surface area (Å²) >= 11 is 6.46. The highest BCUT2D eigenvalue weighted by molar-refractivity contribution is 7.84. The van der Waals surface area contributed by atoms with Crippen LogP contribution in [0.3, 0.4) is 0 Å². The molecule has 1 N–H and O–H groups in total. The predicted octanol–water partition coefficient (Wildman–Crippen LogP) is 3.22. The number of halogens is 1. The van der Waals surface area contributed by atoms with Gasteiger partial charge >= 0.3 is 0 Å². The normalized spacial score (nSPS) is 17.5. The van der Waals surface area contributed by atoms with Crippen LogP contribution >= 0.6 is 11.6 Å². The number of rotatable bonds is 5. The third-order valence-electron chi connectivity index (χ3n) is 2.79. The zero-order valence-corrected chi connectivity index (χ0v) is 12.3. The van der Waals surface area contributed by atoms with Crippen molar-refractivity contribution < 1.29 is 4.21 Å². The maximum atomic E-state index is 11.9. The van der Waals surface area contributed by atoms with Crippen molar-refractivity contribution in [2.75, 3.05) is 0 Å². The van der Waals surface area contributed by atoms with Gasteiger partial charge in [0.15, 0.2) is 0 Å². The van der Waals surface area contributed by atoms with Gasteiger partial charge in [0.1, 0.15) is 0 Å². The average Bonchev–Trinajstić information content (AvgIpc) is 2.14. The first kappa shape index (κ1) is 15.4. The highest BCUT2D eigenvalue weighted by Gasteiger charge is 2.33. The molecule has 0 amide bonds. The minimum Gasteiger partial charge on any atom is -0.242 e. The topological polar surface area (TPSA) is 29.1 Å². The lowest BCUT2D eigenvalue weighted by Gasteiger charge is -2.33. The van der Waals surface area contributed by atoms with Gasteiger partial charge in [-0.1, -0.05) is 13.8 Å². The molecule has 15 heavy (non-hydrogen) atoms. The van der Waals surface area contributed by atoms with Crippen LogP contribution in [0.2, 0.25) is 0 Å². The van der Waals surface area contributed by atoms with Crippen LogP contribution in [0.1, 0.15) is 54.4 Å². The second-order valence-corrected chi connectivity index (χ2v) is 7.71. The largest absolute Gasteiger partial charge is 0.242 e. The van der Waals surface area contributed by atoms with Crippen LogP contribution in [0, 0.1) is 0 Å². The summed E-state index contributed by atoms with van der Waals surface area (Å²) < 4.78 is 14.8. The van der Waals surface area contributed by atoms with Gasteiger partial charge < -0.3 is 0 Å². The Morgan fingerprint density at radius 3 is 1.93 bits per heavy atom. The Bertz CT molecular complexity index is 221. The zero-order chi connectivity index (χ0) is 12.3. The van der Waals surface area contributed by atoms with E-state index in [1.54, 1.807) is 0 Å². The molecule has 4 heteroatoms. The third-order valence-corrected chi connectivity index (χ3v) is 5.33. The van der Waals surface area contributed by atoms with E-state index in [0.29, 0.717) is 0 Å². The van der Waals surface area contributed by atoms with Crippen molar-refractivity contribution in [3.05, 3.63) is 0 Å². The summed E-state index contributed by atoms with van der Waals surface area (Å²) in [6.07, 6.45) is 1.75. The Labute approximate surface area is 102 Å². The molecule has 0 unspecified atom stereocenters. The van der Waals surface area contributed by atoms with Crippen molar-refractivity contribution in [3.8, 4) is 0 Å².